The molecule has 1 aliphatic rings. The third-order valence-electron chi connectivity index (χ3n) is 5.40. The number of hydrogen-bond acceptors (Lipinski definition) is 6. The van der Waals surface area contributed by atoms with Gasteiger partial charge in [0.2, 0.25) is 15.9 Å². The molecule has 0 radical (unpaired) electrons. The van der Waals surface area contributed by atoms with Gasteiger partial charge in [0.15, 0.2) is 0 Å². The van der Waals surface area contributed by atoms with Crippen LogP contribution in [-0.4, -0.2) is 41.4 Å². The predicted molar refractivity (Wildman–Crippen MR) is 118 cm³/mol. The lowest BCUT2D eigenvalue weighted by atomic mass is 10.2. The molecule has 31 heavy (non-hydrogen) atoms. The average Bonchev–Trinajstić information content (AvgIpc) is 3.47. The topological polar surface area (TPSA) is 110 Å². The Morgan fingerprint density at radius 3 is 2.58 bits per heavy atom. The molecule has 0 saturated carbocycles. The second kappa shape index (κ2) is 8.40. The Morgan fingerprint density at radius 1 is 1.16 bits per heavy atom. The summed E-state index contributed by atoms with van der Waals surface area (Å²) in [6.45, 7) is 0.995. The maximum atomic E-state index is 13.0. The number of carbonyl (C=O) groups is 1. The normalized spacial score (nSPS) is 14.4. The second-order valence-electron chi connectivity index (χ2n) is 7.40. The monoisotopic (exact) mass is 462 g/mol. The number of nitrogens with zero attached hydrogens (tertiary/aromatic N) is 3. The van der Waals surface area contributed by atoms with Crippen molar-refractivity contribution in [3.05, 3.63) is 61.4 Å². The molecule has 0 atom stereocenters. The first-order valence-electron chi connectivity index (χ1n) is 9.81. The summed E-state index contributed by atoms with van der Waals surface area (Å²) in [5, 5.41) is 1.92. The van der Waals surface area contributed by atoms with E-state index < -0.39 is 21.3 Å². The molecule has 3 aromatic rings. The Morgan fingerprint density at radius 2 is 1.90 bits per heavy atom. The number of rotatable bonds is 6. The minimum absolute atomic E-state index is 0.0651. The van der Waals surface area contributed by atoms with Crippen LogP contribution in [0.2, 0.25) is 0 Å². The minimum Gasteiger partial charge on any atom is -0.341 e. The molecule has 0 bridgehead atoms. The first kappa shape index (κ1) is 21.5. The Kier molecular flexibility index (Phi) is 5.82. The van der Waals surface area contributed by atoms with Gasteiger partial charge in [0.25, 0.3) is 5.56 Å². The fourth-order valence-electron chi connectivity index (χ4n) is 3.67. The van der Waals surface area contributed by atoms with E-state index in [9.17, 15) is 22.8 Å². The van der Waals surface area contributed by atoms with Crippen molar-refractivity contribution in [3.63, 3.8) is 0 Å². The summed E-state index contributed by atoms with van der Waals surface area (Å²) in [5.41, 5.74) is -0.991. The molecular weight excluding hydrogens is 440 g/mol. The molecule has 1 saturated heterocycles. The lowest BCUT2D eigenvalue weighted by Crippen LogP contribution is -2.43. The van der Waals surface area contributed by atoms with Crippen LogP contribution in [0.4, 0.5) is 0 Å². The van der Waals surface area contributed by atoms with E-state index in [4.69, 9.17) is 0 Å². The third kappa shape index (κ3) is 4.21. The van der Waals surface area contributed by atoms with E-state index in [1.54, 1.807) is 4.90 Å². The molecule has 164 valence electrons. The number of amides is 1. The summed E-state index contributed by atoms with van der Waals surface area (Å²) in [6, 6.07) is 7.70. The van der Waals surface area contributed by atoms with E-state index >= 15 is 0 Å². The SMILES string of the molecule is Cn1c(=O)n(CC(=O)N2CCCC2)c(=O)c2cc(S(=O)(=O)NCc3cccs3)ccc21. The zero-order chi connectivity index (χ0) is 22.2. The highest BCUT2D eigenvalue weighted by Gasteiger charge is 2.22. The van der Waals surface area contributed by atoms with Gasteiger partial charge in [0.05, 0.1) is 15.8 Å². The van der Waals surface area contributed by atoms with Gasteiger partial charge in [0, 0.05) is 31.6 Å². The molecule has 3 heterocycles. The van der Waals surface area contributed by atoms with Gasteiger partial charge in [0.1, 0.15) is 6.54 Å². The molecule has 1 aromatic carbocycles. The third-order valence-corrected chi connectivity index (χ3v) is 7.68. The molecule has 1 fully saturated rings. The van der Waals surface area contributed by atoms with Crippen molar-refractivity contribution in [3.8, 4) is 0 Å². The smallest absolute Gasteiger partial charge is 0.331 e. The number of sulfonamides is 1. The van der Waals surface area contributed by atoms with Gasteiger partial charge in [-0.05, 0) is 42.5 Å². The van der Waals surface area contributed by atoms with E-state index in [0.29, 0.717) is 18.6 Å². The zero-order valence-electron chi connectivity index (χ0n) is 16.9. The molecule has 1 N–H and O–H groups in total. The fraction of sp³-hybridized carbons (Fsp3) is 0.350. The van der Waals surface area contributed by atoms with Gasteiger partial charge < -0.3 is 4.90 Å². The van der Waals surface area contributed by atoms with Gasteiger partial charge in [-0.3, -0.25) is 18.7 Å². The van der Waals surface area contributed by atoms with Crippen molar-refractivity contribution in [1.29, 1.82) is 0 Å². The molecule has 0 unspecified atom stereocenters. The number of nitrogens with one attached hydrogen (secondary N) is 1. The largest absolute Gasteiger partial charge is 0.341 e. The summed E-state index contributed by atoms with van der Waals surface area (Å²) < 4.78 is 30.1. The molecule has 0 spiro atoms. The number of fused-ring (bicyclic) bond motifs is 1. The average molecular weight is 463 g/mol. The molecule has 9 nitrogen and oxygen atoms in total. The highest BCUT2D eigenvalue weighted by atomic mass is 32.2. The fourth-order valence-corrected chi connectivity index (χ4v) is 5.43. The van der Waals surface area contributed by atoms with Crippen LogP contribution in [0, 0.1) is 0 Å². The summed E-state index contributed by atoms with van der Waals surface area (Å²) in [7, 11) is -2.38. The van der Waals surface area contributed by atoms with E-state index in [-0.39, 0.29) is 29.3 Å². The lowest BCUT2D eigenvalue weighted by molar-refractivity contribution is -0.130. The maximum absolute atomic E-state index is 13.0. The van der Waals surface area contributed by atoms with Crippen molar-refractivity contribution in [2.75, 3.05) is 13.1 Å². The van der Waals surface area contributed by atoms with Gasteiger partial charge in [-0.2, -0.15) is 0 Å². The Labute approximate surface area is 182 Å². The summed E-state index contributed by atoms with van der Waals surface area (Å²) in [4.78, 5) is 40.6. The molecule has 1 amide bonds. The first-order valence-corrected chi connectivity index (χ1v) is 12.2. The lowest BCUT2D eigenvalue weighted by Gasteiger charge is -2.17. The van der Waals surface area contributed by atoms with Crippen LogP contribution >= 0.6 is 11.3 Å². The summed E-state index contributed by atoms with van der Waals surface area (Å²) in [5.74, 6) is -0.294. The predicted octanol–water partition coefficient (Wildman–Crippen LogP) is 0.863. The van der Waals surface area contributed by atoms with Crippen LogP contribution in [0.25, 0.3) is 10.9 Å². The highest BCUT2D eigenvalue weighted by molar-refractivity contribution is 7.89. The molecule has 2 aromatic heterocycles. The van der Waals surface area contributed by atoms with Crippen LogP contribution in [0.15, 0.2) is 50.2 Å². The van der Waals surface area contributed by atoms with Crippen LogP contribution in [0.5, 0.6) is 0 Å². The molecule has 0 aliphatic carbocycles. The zero-order valence-corrected chi connectivity index (χ0v) is 18.5. The first-order chi connectivity index (χ1) is 14.8. The standard InChI is InChI=1S/C20H22N4O5S2/c1-22-17-7-6-15(31(28,29)21-12-14-5-4-10-30-14)11-16(17)19(26)24(20(22)27)13-18(25)23-8-2-3-9-23/h4-7,10-11,21H,2-3,8-9,12-13H2,1H3. The Hall–Kier alpha value is -2.76. The van der Waals surface area contributed by atoms with E-state index in [0.717, 1.165) is 22.3 Å². The molecule has 11 heteroatoms. The molecule has 4 rings (SSSR count). The number of aryl methyl sites for hydroxylation is 1. The molecular formula is C20H22N4O5S2. The van der Waals surface area contributed by atoms with Crippen molar-refractivity contribution in [2.45, 2.75) is 30.8 Å². The van der Waals surface area contributed by atoms with Crippen LogP contribution < -0.4 is 16.0 Å². The van der Waals surface area contributed by atoms with Gasteiger partial charge >= 0.3 is 5.69 Å². The van der Waals surface area contributed by atoms with Crippen molar-refractivity contribution in [1.82, 2.24) is 18.8 Å². The van der Waals surface area contributed by atoms with Crippen molar-refractivity contribution < 1.29 is 13.2 Å². The quantitative estimate of drug-likeness (QED) is 0.584. The van der Waals surface area contributed by atoms with Crippen molar-refractivity contribution >= 4 is 38.2 Å². The number of aromatic nitrogens is 2. The number of likely N-dealkylation sites (tertiary alicyclic amines) is 1. The van der Waals surface area contributed by atoms with Crippen molar-refractivity contribution in [2.24, 2.45) is 7.05 Å². The number of carbonyl (C=O) groups excluding carboxylic acids is 1. The maximum Gasteiger partial charge on any atom is 0.331 e. The Balaban J connectivity index is 1.72. The minimum atomic E-state index is -3.87. The van der Waals surface area contributed by atoms with E-state index in [2.05, 4.69) is 4.72 Å². The summed E-state index contributed by atoms with van der Waals surface area (Å²) >= 11 is 1.43. The highest BCUT2D eigenvalue weighted by Crippen LogP contribution is 2.17. The van der Waals surface area contributed by atoms with E-state index in [1.165, 1.54) is 41.2 Å². The second-order valence-corrected chi connectivity index (χ2v) is 10.2. The van der Waals surface area contributed by atoms with Crippen LogP contribution in [0.1, 0.15) is 17.7 Å². The van der Waals surface area contributed by atoms with E-state index in [1.807, 2.05) is 17.5 Å². The Bertz CT molecular complexity index is 1350. The van der Waals surface area contributed by atoms with Gasteiger partial charge in [-0.1, -0.05) is 6.07 Å². The summed E-state index contributed by atoms with van der Waals surface area (Å²) in [6.07, 6.45) is 1.80. The number of benzene rings is 1. The van der Waals surface area contributed by atoms with Gasteiger partial charge in [-0.15, -0.1) is 11.3 Å². The van der Waals surface area contributed by atoms with Gasteiger partial charge in [-0.25, -0.2) is 17.9 Å². The number of thiophene rings is 1. The number of hydrogen-bond donors (Lipinski definition) is 1. The van der Waals surface area contributed by atoms with Crippen LogP contribution in [0.3, 0.4) is 0 Å². The van der Waals surface area contributed by atoms with Crippen LogP contribution in [-0.2, 0) is 35.0 Å². The molecule has 1 aliphatic heterocycles.